The highest BCUT2D eigenvalue weighted by atomic mass is 19.2. The molecule has 0 spiro atoms. The average molecular weight is 533 g/mol. The van der Waals surface area contributed by atoms with Gasteiger partial charge in [-0.15, -0.1) is 0 Å². The van der Waals surface area contributed by atoms with E-state index < -0.39 is 11.6 Å². The number of hydrogen-bond acceptors (Lipinski definition) is 8. The van der Waals surface area contributed by atoms with Gasteiger partial charge in [-0.2, -0.15) is 5.26 Å². The van der Waals surface area contributed by atoms with Gasteiger partial charge in [0.2, 0.25) is 0 Å². The molecule has 9 nitrogen and oxygen atoms in total. The largest absolute Gasteiger partial charge is 0.379 e. The molecule has 5 heterocycles. The van der Waals surface area contributed by atoms with Gasteiger partial charge < -0.3 is 14.2 Å². The van der Waals surface area contributed by atoms with Crippen LogP contribution in [0.3, 0.4) is 0 Å². The number of ether oxygens (including phenoxy) is 1. The Labute approximate surface area is 225 Å². The van der Waals surface area contributed by atoms with Crippen LogP contribution >= 0.6 is 0 Å². The fourth-order valence-electron chi connectivity index (χ4n) is 5.52. The topological polar surface area (TPSA) is 86.3 Å². The number of aryl methyl sites for hydroxylation is 1. The number of benzene rings is 1. The molecule has 2 aliphatic heterocycles. The standard InChI is InChI=1S/C28H30F2N8O/c1-35-26-25(24-20(17-31)4-6-32-27(24)35)33-23(18-37-12-14-39-15-13-37)34-28(26)38-10-8-36(9-11-38)7-5-19-2-3-21(29)22(30)16-19/h2-4,6,16H,5,7-15,18H2,1H3. The van der Waals surface area contributed by atoms with Crippen molar-refractivity contribution >= 4 is 27.9 Å². The van der Waals surface area contributed by atoms with Gasteiger partial charge in [0, 0.05) is 59.1 Å². The molecule has 0 unspecified atom stereocenters. The maximum absolute atomic E-state index is 13.6. The van der Waals surface area contributed by atoms with Gasteiger partial charge in [0.05, 0.1) is 30.7 Å². The molecule has 0 atom stereocenters. The van der Waals surface area contributed by atoms with Gasteiger partial charge in [0.15, 0.2) is 17.5 Å². The number of rotatable bonds is 6. The molecule has 39 heavy (non-hydrogen) atoms. The molecule has 11 heteroatoms. The molecule has 0 bridgehead atoms. The van der Waals surface area contributed by atoms with Crippen molar-refractivity contribution in [1.29, 1.82) is 5.26 Å². The normalized spacial score (nSPS) is 17.2. The Morgan fingerprint density at radius 1 is 0.974 bits per heavy atom. The second kappa shape index (κ2) is 10.8. The predicted octanol–water partition coefficient (Wildman–Crippen LogP) is 2.86. The highest BCUT2D eigenvalue weighted by molar-refractivity contribution is 6.10. The molecule has 4 aromatic rings. The number of hydrogen-bond donors (Lipinski definition) is 0. The molecule has 6 rings (SSSR count). The van der Waals surface area contributed by atoms with Gasteiger partial charge in [-0.05, 0) is 30.2 Å². The Morgan fingerprint density at radius 2 is 1.77 bits per heavy atom. The van der Waals surface area contributed by atoms with E-state index in [0.29, 0.717) is 37.4 Å². The van der Waals surface area contributed by atoms with E-state index in [0.717, 1.165) is 79.4 Å². The van der Waals surface area contributed by atoms with Crippen LogP contribution in [0, 0.1) is 23.0 Å². The number of nitriles is 1. The lowest BCUT2D eigenvalue weighted by molar-refractivity contribution is 0.0331. The van der Waals surface area contributed by atoms with Crippen LogP contribution in [0.4, 0.5) is 14.6 Å². The maximum atomic E-state index is 13.6. The summed E-state index contributed by atoms with van der Waals surface area (Å²) in [6.07, 6.45) is 2.32. The molecule has 3 aromatic heterocycles. The molecule has 2 aliphatic rings. The first-order valence-electron chi connectivity index (χ1n) is 13.3. The Kier molecular flexibility index (Phi) is 7.08. The Morgan fingerprint density at radius 3 is 2.51 bits per heavy atom. The van der Waals surface area contributed by atoms with Crippen molar-refractivity contribution in [3.05, 3.63) is 59.0 Å². The summed E-state index contributed by atoms with van der Waals surface area (Å²) in [5.74, 6) is -0.0442. The first-order valence-corrected chi connectivity index (χ1v) is 13.3. The molecular formula is C28H30F2N8O. The fourth-order valence-corrected chi connectivity index (χ4v) is 5.52. The number of fused-ring (bicyclic) bond motifs is 3. The van der Waals surface area contributed by atoms with E-state index in [1.54, 1.807) is 18.3 Å². The molecule has 0 saturated carbocycles. The molecular weight excluding hydrogens is 502 g/mol. The summed E-state index contributed by atoms with van der Waals surface area (Å²) in [4.78, 5) is 21.5. The second-order valence-corrected chi connectivity index (χ2v) is 10.1. The fraction of sp³-hybridized carbons (Fsp3) is 0.429. The summed E-state index contributed by atoms with van der Waals surface area (Å²) >= 11 is 0. The molecule has 0 radical (unpaired) electrons. The van der Waals surface area contributed by atoms with Crippen LogP contribution < -0.4 is 4.90 Å². The minimum Gasteiger partial charge on any atom is -0.379 e. The zero-order chi connectivity index (χ0) is 26.9. The molecule has 0 N–H and O–H groups in total. The van der Waals surface area contributed by atoms with Crippen molar-refractivity contribution in [1.82, 2.24) is 29.3 Å². The smallest absolute Gasteiger partial charge is 0.159 e. The van der Waals surface area contributed by atoms with Gasteiger partial charge in [-0.3, -0.25) is 9.80 Å². The maximum Gasteiger partial charge on any atom is 0.159 e. The first-order chi connectivity index (χ1) is 19.0. The molecule has 2 saturated heterocycles. The van der Waals surface area contributed by atoms with Crippen LogP contribution in [0.15, 0.2) is 30.5 Å². The van der Waals surface area contributed by atoms with Crippen molar-refractivity contribution in [3.8, 4) is 6.07 Å². The number of aromatic nitrogens is 4. The quantitative estimate of drug-likeness (QED) is 0.375. The van der Waals surface area contributed by atoms with Crippen LogP contribution in [0.25, 0.3) is 22.1 Å². The zero-order valence-corrected chi connectivity index (χ0v) is 21.9. The summed E-state index contributed by atoms with van der Waals surface area (Å²) in [7, 11) is 1.95. The Bertz CT molecular complexity index is 1550. The summed E-state index contributed by atoms with van der Waals surface area (Å²) in [6.45, 7) is 7.59. The van der Waals surface area contributed by atoms with E-state index in [1.807, 2.05) is 11.6 Å². The van der Waals surface area contributed by atoms with Crippen molar-refractivity contribution in [2.24, 2.45) is 7.05 Å². The third-order valence-electron chi connectivity index (χ3n) is 7.69. The number of piperazine rings is 1. The van der Waals surface area contributed by atoms with Crippen molar-refractivity contribution in [2.45, 2.75) is 13.0 Å². The van der Waals surface area contributed by atoms with Crippen molar-refractivity contribution in [2.75, 3.05) is 63.9 Å². The Hall–Kier alpha value is -3.72. The monoisotopic (exact) mass is 532 g/mol. The van der Waals surface area contributed by atoms with Crippen LogP contribution in [0.1, 0.15) is 17.0 Å². The molecule has 0 amide bonds. The first kappa shape index (κ1) is 25.6. The zero-order valence-electron chi connectivity index (χ0n) is 21.9. The van der Waals surface area contributed by atoms with E-state index in [-0.39, 0.29) is 0 Å². The number of anilines is 1. The molecule has 1 aromatic carbocycles. The van der Waals surface area contributed by atoms with Crippen LogP contribution in [-0.2, 0) is 24.8 Å². The van der Waals surface area contributed by atoms with Crippen LogP contribution in [0.2, 0.25) is 0 Å². The SMILES string of the molecule is Cn1c2nccc(C#N)c2c2nc(CN3CCOCC3)nc(N3CCN(CCc4ccc(F)c(F)c4)CC3)c21. The predicted molar refractivity (Wildman–Crippen MR) is 143 cm³/mol. The van der Waals surface area contributed by atoms with Crippen LogP contribution in [-0.4, -0.2) is 88.3 Å². The van der Waals surface area contributed by atoms with Crippen molar-refractivity contribution < 1.29 is 13.5 Å². The van der Waals surface area contributed by atoms with E-state index in [9.17, 15) is 14.0 Å². The lowest BCUT2D eigenvalue weighted by Crippen LogP contribution is -2.47. The number of pyridine rings is 1. The average Bonchev–Trinajstić information content (AvgIpc) is 3.26. The van der Waals surface area contributed by atoms with E-state index in [1.165, 1.54) is 12.1 Å². The van der Waals surface area contributed by atoms with Gasteiger partial charge in [0.1, 0.15) is 28.6 Å². The van der Waals surface area contributed by atoms with E-state index >= 15 is 0 Å². The molecule has 0 aliphatic carbocycles. The molecule has 202 valence electrons. The summed E-state index contributed by atoms with van der Waals surface area (Å²) in [5, 5.41) is 10.6. The number of morpholine rings is 1. The Balaban J connectivity index is 1.29. The van der Waals surface area contributed by atoms with Gasteiger partial charge in [-0.1, -0.05) is 6.07 Å². The molecule has 2 fully saturated rings. The lowest BCUT2D eigenvalue weighted by Gasteiger charge is -2.36. The third kappa shape index (κ3) is 5.03. The lowest BCUT2D eigenvalue weighted by atomic mass is 10.1. The third-order valence-corrected chi connectivity index (χ3v) is 7.69. The highest BCUT2D eigenvalue weighted by Crippen LogP contribution is 2.34. The second-order valence-electron chi connectivity index (χ2n) is 10.1. The summed E-state index contributed by atoms with van der Waals surface area (Å²) in [5.41, 5.74) is 3.69. The number of nitrogens with zero attached hydrogens (tertiary/aromatic N) is 8. The minimum absolute atomic E-state index is 0.551. The highest BCUT2D eigenvalue weighted by Gasteiger charge is 2.26. The van der Waals surface area contributed by atoms with E-state index in [4.69, 9.17) is 14.7 Å². The van der Waals surface area contributed by atoms with Gasteiger partial charge in [-0.25, -0.2) is 23.7 Å². The van der Waals surface area contributed by atoms with Crippen molar-refractivity contribution in [3.63, 3.8) is 0 Å². The van der Waals surface area contributed by atoms with E-state index in [2.05, 4.69) is 25.8 Å². The summed E-state index contributed by atoms with van der Waals surface area (Å²) in [6, 6.07) is 8.16. The van der Waals surface area contributed by atoms with Gasteiger partial charge in [0.25, 0.3) is 0 Å². The minimum atomic E-state index is -0.818. The van der Waals surface area contributed by atoms with Gasteiger partial charge >= 0.3 is 0 Å². The summed E-state index contributed by atoms with van der Waals surface area (Å²) < 4.78 is 34.4. The van der Waals surface area contributed by atoms with Crippen LogP contribution in [0.5, 0.6) is 0 Å². The number of halogens is 2.